The molecule has 0 saturated carbocycles. The molecule has 1 N–H and O–H groups in total. The van der Waals surface area contributed by atoms with Crippen LogP contribution in [0.4, 0.5) is 23.4 Å². The van der Waals surface area contributed by atoms with Gasteiger partial charge >= 0.3 is 6.18 Å². The summed E-state index contributed by atoms with van der Waals surface area (Å²) in [6.45, 7) is 1.07. The SMILES string of the molecule is O=C(Cn1cc(-c2ccc(F)cc2)cn1)N[C@H]1CCN(c2ccc(C(F)(F)F)cn2)C1. The molecule has 1 fully saturated rings. The third-order valence-electron chi connectivity index (χ3n) is 5.07. The van der Waals surface area contributed by atoms with Crippen molar-refractivity contribution < 1.29 is 22.4 Å². The molecular weight excluding hydrogens is 414 g/mol. The van der Waals surface area contributed by atoms with Crippen molar-refractivity contribution in [2.24, 2.45) is 0 Å². The average molecular weight is 433 g/mol. The molecule has 4 rings (SSSR count). The number of carbonyl (C=O) groups excluding carboxylic acids is 1. The van der Waals surface area contributed by atoms with Crippen molar-refractivity contribution in [3.8, 4) is 11.1 Å². The van der Waals surface area contributed by atoms with E-state index >= 15 is 0 Å². The number of pyridine rings is 1. The van der Waals surface area contributed by atoms with E-state index in [-0.39, 0.29) is 24.3 Å². The molecule has 1 atom stereocenters. The molecule has 1 saturated heterocycles. The first-order valence-electron chi connectivity index (χ1n) is 9.64. The van der Waals surface area contributed by atoms with Gasteiger partial charge in [0.05, 0.1) is 11.8 Å². The number of alkyl halides is 3. The number of rotatable bonds is 5. The molecule has 6 nitrogen and oxygen atoms in total. The van der Waals surface area contributed by atoms with E-state index in [9.17, 15) is 22.4 Å². The predicted octanol–water partition coefficient (Wildman–Crippen LogP) is 3.50. The minimum Gasteiger partial charge on any atom is -0.354 e. The maximum absolute atomic E-state index is 13.0. The highest BCUT2D eigenvalue weighted by Gasteiger charge is 2.31. The summed E-state index contributed by atoms with van der Waals surface area (Å²) < 4.78 is 52.6. The average Bonchev–Trinajstić information content (AvgIpc) is 3.38. The fourth-order valence-corrected chi connectivity index (χ4v) is 3.49. The van der Waals surface area contributed by atoms with Gasteiger partial charge < -0.3 is 10.2 Å². The number of aromatic nitrogens is 3. The van der Waals surface area contributed by atoms with Crippen LogP contribution in [-0.2, 0) is 17.5 Å². The van der Waals surface area contributed by atoms with E-state index in [2.05, 4.69) is 15.4 Å². The molecule has 0 radical (unpaired) electrons. The van der Waals surface area contributed by atoms with Crippen molar-refractivity contribution >= 4 is 11.7 Å². The van der Waals surface area contributed by atoms with Gasteiger partial charge in [0.15, 0.2) is 0 Å². The van der Waals surface area contributed by atoms with Crippen LogP contribution in [0.3, 0.4) is 0 Å². The Hall–Kier alpha value is -3.43. The van der Waals surface area contributed by atoms with Crippen LogP contribution < -0.4 is 10.2 Å². The number of benzene rings is 1. The van der Waals surface area contributed by atoms with E-state index in [1.54, 1.807) is 24.5 Å². The lowest BCUT2D eigenvalue weighted by molar-refractivity contribution is -0.137. The second-order valence-electron chi connectivity index (χ2n) is 7.34. The summed E-state index contributed by atoms with van der Waals surface area (Å²) in [5.41, 5.74) is 0.774. The van der Waals surface area contributed by atoms with Gasteiger partial charge in [-0.3, -0.25) is 9.48 Å². The van der Waals surface area contributed by atoms with E-state index in [4.69, 9.17) is 0 Å². The van der Waals surface area contributed by atoms with Gasteiger partial charge in [-0.2, -0.15) is 18.3 Å². The van der Waals surface area contributed by atoms with Gasteiger partial charge in [-0.15, -0.1) is 0 Å². The third-order valence-corrected chi connectivity index (χ3v) is 5.07. The van der Waals surface area contributed by atoms with Crippen molar-refractivity contribution in [3.63, 3.8) is 0 Å². The monoisotopic (exact) mass is 433 g/mol. The second-order valence-corrected chi connectivity index (χ2v) is 7.34. The summed E-state index contributed by atoms with van der Waals surface area (Å²) in [7, 11) is 0. The molecule has 2 aromatic heterocycles. The fraction of sp³-hybridized carbons (Fsp3) is 0.286. The molecule has 0 spiro atoms. The zero-order valence-corrected chi connectivity index (χ0v) is 16.3. The second kappa shape index (κ2) is 8.37. The van der Waals surface area contributed by atoms with Crippen LogP contribution in [0.2, 0.25) is 0 Å². The Morgan fingerprint density at radius 1 is 1.10 bits per heavy atom. The largest absolute Gasteiger partial charge is 0.417 e. The zero-order chi connectivity index (χ0) is 22.0. The van der Waals surface area contributed by atoms with Crippen molar-refractivity contribution in [2.45, 2.75) is 25.2 Å². The highest BCUT2D eigenvalue weighted by atomic mass is 19.4. The standard InChI is InChI=1S/C21H19F4N5O/c22-17-4-1-14(2-5-17)15-9-27-30(11-15)13-20(31)28-18-7-8-29(12-18)19-6-3-16(10-26-19)21(23,24)25/h1-6,9-11,18H,7-8,12-13H2,(H,28,31)/t18-/m0/s1. The molecule has 0 unspecified atom stereocenters. The van der Waals surface area contributed by atoms with Crippen LogP contribution in [0.5, 0.6) is 0 Å². The van der Waals surface area contributed by atoms with E-state index in [0.29, 0.717) is 25.3 Å². The quantitative estimate of drug-likeness (QED) is 0.626. The number of carbonyl (C=O) groups is 1. The number of anilines is 1. The summed E-state index contributed by atoms with van der Waals surface area (Å²) in [4.78, 5) is 18.1. The number of nitrogens with one attached hydrogen (secondary N) is 1. The van der Waals surface area contributed by atoms with E-state index in [1.807, 2.05) is 4.90 Å². The maximum Gasteiger partial charge on any atom is 0.417 e. The molecular formula is C21H19F4N5O. The lowest BCUT2D eigenvalue weighted by atomic mass is 10.1. The van der Waals surface area contributed by atoms with Crippen molar-refractivity contribution in [3.05, 3.63) is 66.4 Å². The minimum absolute atomic E-state index is 0.0240. The van der Waals surface area contributed by atoms with Gasteiger partial charge in [-0.05, 0) is 36.2 Å². The van der Waals surface area contributed by atoms with Crippen molar-refractivity contribution in [1.82, 2.24) is 20.1 Å². The molecule has 3 heterocycles. The Kier molecular flexibility index (Phi) is 5.62. The summed E-state index contributed by atoms with van der Waals surface area (Å²) in [5, 5.41) is 7.09. The Labute approximate surface area is 175 Å². The minimum atomic E-state index is -4.42. The summed E-state index contributed by atoms with van der Waals surface area (Å²) in [6.07, 6.45) is 0.371. The first-order valence-corrected chi connectivity index (χ1v) is 9.64. The molecule has 1 aliphatic rings. The molecule has 1 aliphatic heterocycles. The van der Waals surface area contributed by atoms with Gasteiger partial charge in [-0.1, -0.05) is 12.1 Å². The van der Waals surface area contributed by atoms with Crippen molar-refractivity contribution in [1.29, 1.82) is 0 Å². The van der Waals surface area contributed by atoms with Crippen molar-refractivity contribution in [2.75, 3.05) is 18.0 Å². The summed E-state index contributed by atoms with van der Waals surface area (Å²) in [6, 6.07) is 8.20. The Morgan fingerprint density at radius 2 is 1.87 bits per heavy atom. The van der Waals surface area contributed by atoms with Crippen LogP contribution in [0.25, 0.3) is 11.1 Å². The highest BCUT2D eigenvalue weighted by Crippen LogP contribution is 2.30. The topological polar surface area (TPSA) is 63.1 Å². The van der Waals surface area contributed by atoms with Crippen LogP contribution in [0.15, 0.2) is 55.0 Å². The van der Waals surface area contributed by atoms with Gasteiger partial charge in [0, 0.05) is 37.1 Å². The normalized spacial score (nSPS) is 16.5. The molecule has 162 valence electrons. The summed E-state index contributed by atoms with van der Waals surface area (Å²) >= 11 is 0. The number of hydrogen-bond acceptors (Lipinski definition) is 4. The predicted molar refractivity (Wildman–Crippen MR) is 106 cm³/mol. The lowest BCUT2D eigenvalue weighted by Crippen LogP contribution is -2.39. The first-order chi connectivity index (χ1) is 14.8. The molecule has 0 aliphatic carbocycles. The zero-order valence-electron chi connectivity index (χ0n) is 16.3. The Bertz CT molecular complexity index is 1050. The van der Waals surface area contributed by atoms with Crippen LogP contribution in [0.1, 0.15) is 12.0 Å². The number of nitrogens with zero attached hydrogens (tertiary/aromatic N) is 4. The molecule has 31 heavy (non-hydrogen) atoms. The number of hydrogen-bond donors (Lipinski definition) is 1. The number of amides is 1. The molecule has 1 amide bonds. The Balaban J connectivity index is 1.30. The smallest absolute Gasteiger partial charge is 0.354 e. The summed E-state index contributed by atoms with van der Waals surface area (Å²) in [5.74, 6) is -0.102. The van der Waals surface area contributed by atoms with E-state index in [0.717, 1.165) is 23.4 Å². The first kappa shape index (κ1) is 20.8. The molecule has 0 bridgehead atoms. The molecule has 3 aromatic rings. The lowest BCUT2D eigenvalue weighted by Gasteiger charge is -2.18. The van der Waals surface area contributed by atoms with Crippen LogP contribution in [-0.4, -0.2) is 39.8 Å². The van der Waals surface area contributed by atoms with Gasteiger partial charge in [0.1, 0.15) is 18.2 Å². The fourth-order valence-electron chi connectivity index (χ4n) is 3.49. The Morgan fingerprint density at radius 3 is 2.55 bits per heavy atom. The third kappa shape index (κ3) is 5.01. The number of halogens is 4. The maximum atomic E-state index is 13.0. The van der Waals surface area contributed by atoms with E-state index < -0.39 is 11.7 Å². The van der Waals surface area contributed by atoms with Gasteiger partial charge in [0.2, 0.25) is 5.91 Å². The highest BCUT2D eigenvalue weighted by molar-refractivity contribution is 5.76. The van der Waals surface area contributed by atoms with Gasteiger partial charge in [0.25, 0.3) is 0 Å². The van der Waals surface area contributed by atoms with E-state index in [1.165, 1.54) is 22.9 Å². The van der Waals surface area contributed by atoms with Crippen LogP contribution >= 0.6 is 0 Å². The van der Waals surface area contributed by atoms with Crippen LogP contribution in [0, 0.1) is 5.82 Å². The van der Waals surface area contributed by atoms with Gasteiger partial charge in [-0.25, -0.2) is 9.37 Å². The molecule has 1 aromatic carbocycles. The molecule has 10 heteroatoms.